The van der Waals surface area contributed by atoms with E-state index in [1.807, 2.05) is 43.2 Å². The van der Waals surface area contributed by atoms with Crippen molar-refractivity contribution < 1.29 is 4.39 Å². The molecule has 1 aliphatic carbocycles. The van der Waals surface area contributed by atoms with Gasteiger partial charge in [0.1, 0.15) is 5.83 Å². The van der Waals surface area contributed by atoms with Crippen LogP contribution in [0.15, 0.2) is 41.9 Å². The van der Waals surface area contributed by atoms with E-state index in [1.165, 1.54) is 0 Å². The zero-order valence-corrected chi connectivity index (χ0v) is 10.00. The van der Waals surface area contributed by atoms with Crippen molar-refractivity contribution in [3.8, 4) is 0 Å². The Balaban J connectivity index is 2.09. The zero-order chi connectivity index (χ0) is 12.0. The fraction of sp³-hybridized carbons (Fsp3) is 0.286. The minimum absolute atomic E-state index is 0.0861. The number of fused-ring (bicyclic) bond motifs is 1. The van der Waals surface area contributed by atoms with Gasteiger partial charge >= 0.3 is 0 Å². The predicted molar refractivity (Wildman–Crippen MR) is 66.6 cm³/mol. The third-order valence-electron chi connectivity index (χ3n) is 3.58. The van der Waals surface area contributed by atoms with Gasteiger partial charge < -0.3 is 5.01 Å². The summed E-state index contributed by atoms with van der Waals surface area (Å²) in [4.78, 5) is 0. The first-order chi connectivity index (χ1) is 8.22. The van der Waals surface area contributed by atoms with E-state index in [9.17, 15) is 4.39 Å². The minimum Gasteiger partial charge on any atom is -0.305 e. The molecule has 1 fully saturated rings. The Kier molecular flexibility index (Phi) is 2.30. The highest BCUT2D eigenvalue weighted by Gasteiger charge is 2.40. The maximum atomic E-state index is 14.1. The molecule has 3 aliphatic rings. The van der Waals surface area contributed by atoms with E-state index in [-0.39, 0.29) is 11.9 Å². The first kappa shape index (κ1) is 10.5. The maximum Gasteiger partial charge on any atom is 0.130 e. The minimum atomic E-state index is -0.0861. The fourth-order valence-electron chi connectivity index (χ4n) is 2.70. The van der Waals surface area contributed by atoms with Crippen molar-refractivity contribution in [1.82, 2.24) is 10.4 Å². The third kappa shape index (κ3) is 1.42. The molecule has 1 aromatic rings. The van der Waals surface area contributed by atoms with Gasteiger partial charge in [-0.15, -0.1) is 0 Å². The van der Waals surface area contributed by atoms with Crippen molar-refractivity contribution in [2.24, 2.45) is 0 Å². The van der Waals surface area contributed by atoms with Crippen molar-refractivity contribution >= 4 is 5.57 Å². The fourth-order valence-corrected chi connectivity index (χ4v) is 2.70. The average Bonchev–Trinajstić information content (AvgIpc) is 2.30. The molecule has 1 unspecified atom stereocenters. The number of nitrogens with zero attached hydrogens (tertiary/aromatic N) is 1. The molecule has 0 aromatic heterocycles. The van der Waals surface area contributed by atoms with Crippen LogP contribution < -0.4 is 5.43 Å². The summed E-state index contributed by atoms with van der Waals surface area (Å²) in [6.07, 6.45) is 2.57. The van der Waals surface area contributed by atoms with Gasteiger partial charge in [0, 0.05) is 24.7 Å². The van der Waals surface area contributed by atoms with Gasteiger partial charge in [-0.25, -0.2) is 9.82 Å². The molecule has 2 heterocycles. The summed E-state index contributed by atoms with van der Waals surface area (Å²) in [6.45, 7) is 2.03. The van der Waals surface area contributed by atoms with Crippen LogP contribution in [-0.2, 0) is 0 Å². The average molecular weight is 230 g/mol. The van der Waals surface area contributed by atoms with Crippen molar-refractivity contribution in [2.45, 2.75) is 19.4 Å². The number of allylic oxidation sites excluding steroid dienone is 2. The van der Waals surface area contributed by atoms with Gasteiger partial charge in [-0.05, 0) is 24.1 Å². The van der Waals surface area contributed by atoms with Crippen molar-refractivity contribution in [3.05, 3.63) is 53.0 Å². The Hall–Kier alpha value is -1.61. The molecule has 1 atom stereocenters. The SMILES string of the molecule is CNN1C2=CC(F)=C(c3ccccc3C)C1C2. The number of halogens is 1. The van der Waals surface area contributed by atoms with Crippen molar-refractivity contribution in [1.29, 1.82) is 0 Å². The molecule has 2 nitrogen and oxygen atoms in total. The van der Waals surface area contributed by atoms with Gasteiger partial charge in [0.2, 0.25) is 0 Å². The topological polar surface area (TPSA) is 15.3 Å². The second kappa shape index (κ2) is 3.70. The summed E-state index contributed by atoms with van der Waals surface area (Å²) >= 11 is 0. The Bertz CT molecular complexity index is 531. The number of nitrogens with one attached hydrogen (secondary N) is 1. The number of aryl methyl sites for hydroxylation is 1. The molecule has 17 heavy (non-hydrogen) atoms. The molecular formula is C14H15FN2. The van der Waals surface area contributed by atoms with Crippen LogP contribution in [0.3, 0.4) is 0 Å². The van der Waals surface area contributed by atoms with Crippen LogP contribution >= 0.6 is 0 Å². The van der Waals surface area contributed by atoms with Crippen LogP contribution in [0.4, 0.5) is 4.39 Å². The van der Waals surface area contributed by atoms with Crippen LogP contribution in [0.1, 0.15) is 17.5 Å². The maximum absolute atomic E-state index is 14.1. The number of rotatable bonds is 2. The molecule has 1 N–H and O–H groups in total. The van der Waals surface area contributed by atoms with Crippen LogP contribution in [0, 0.1) is 6.92 Å². The van der Waals surface area contributed by atoms with E-state index in [1.54, 1.807) is 6.08 Å². The predicted octanol–water partition coefficient (Wildman–Crippen LogP) is 2.78. The molecule has 0 radical (unpaired) electrons. The molecule has 0 saturated carbocycles. The second-order valence-corrected chi connectivity index (χ2v) is 4.53. The van der Waals surface area contributed by atoms with Gasteiger partial charge in [-0.1, -0.05) is 24.3 Å². The summed E-state index contributed by atoms with van der Waals surface area (Å²) in [5.74, 6) is -0.0861. The summed E-state index contributed by atoms with van der Waals surface area (Å²) in [5, 5.41) is 2.03. The smallest absolute Gasteiger partial charge is 0.130 e. The third-order valence-corrected chi connectivity index (χ3v) is 3.58. The van der Waals surface area contributed by atoms with E-state index >= 15 is 0 Å². The van der Waals surface area contributed by atoms with Crippen molar-refractivity contribution in [2.75, 3.05) is 7.05 Å². The van der Waals surface area contributed by atoms with Crippen LogP contribution in [0.5, 0.6) is 0 Å². The van der Waals surface area contributed by atoms with E-state index in [0.29, 0.717) is 0 Å². The van der Waals surface area contributed by atoms with E-state index in [0.717, 1.165) is 28.8 Å². The molecule has 1 aromatic carbocycles. The van der Waals surface area contributed by atoms with E-state index in [2.05, 4.69) is 5.43 Å². The lowest BCUT2D eigenvalue weighted by atomic mass is 9.82. The van der Waals surface area contributed by atoms with E-state index in [4.69, 9.17) is 0 Å². The van der Waals surface area contributed by atoms with Gasteiger partial charge in [0.15, 0.2) is 0 Å². The van der Waals surface area contributed by atoms with Gasteiger partial charge in [-0.2, -0.15) is 0 Å². The lowest BCUT2D eigenvalue weighted by Crippen LogP contribution is -2.54. The standard InChI is InChI=1S/C14H15FN2/c1-9-5-3-4-6-11(9)14-12(15)7-10-8-13(14)17(10)16-2/h3-7,13,16H,8H2,1-2H3. The molecule has 0 spiro atoms. The summed E-state index contributed by atoms with van der Waals surface area (Å²) in [6, 6.07) is 8.11. The Morgan fingerprint density at radius 1 is 1.35 bits per heavy atom. The number of benzene rings is 1. The van der Waals surface area contributed by atoms with Crippen molar-refractivity contribution in [3.63, 3.8) is 0 Å². The lowest BCUT2D eigenvalue weighted by Gasteiger charge is -2.48. The summed E-state index contributed by atoms with van der Waals surface area (Å²) in [5.41, 5.74) is 7.10. The largest absolute Gasteiger partial charge is 0.305 e. The first-order valence-electron chi connectivity index (χ1n) is 5.85. The lowest BCUT2D eigenvalue weighted by molar-refractivity contribution is 0.138. The first-order valence-corrected chi connectivity index (χ1v) is 5.85. The van der Waals surface area contributed by atoms with Crippen LogP contribution in [0.2, 0.25) is 0 Å². The molecule has 2 aliphatic heterocycles. The number of hydrazine groups is 1. The Labute approximate surface area is 100 Å². The highest BCUT2D eigenvalue weighted by atomic mass is 19.1. The van der Waals surface area contributed by atoms with E-state index < -0.39 is 0 Å². The summed E-state index contributed by atoms with van der Waals surface area (Å²) in [7, 11) is 1.87. The number of hydrogen-bond donors (Lipinski definition) is 1. The quantitative estimate of drug-likeness (QED) is 0.840. The molecular weight excluding hydrogens is 215 g/mol. The molecule has 3 heteroatoms. The molecule has 2 bridgehead atoms. The highest BCUT2D eigenvalue weighted by molar-refractivity contribution is 5.79. The highest BCUT2D eigenvalue weighted by Crippen LogP contribution is 2.44. The second-order valence-electron chi connectivity index (χ2n) is 4.53. The molecule has 88 valence electrons. The number of hydrogen-bond acceptors (Lipinski definition) is 2. The van der Waals surface area contributed by atoms with Gasteiger partial charge in [0.05, 0.1) is 6.04 Å². The van der Waals surface area contributed by atoms with Crippen LogP contribution in [-0.4, -0.2) is 18.1 Å². The van der Waals surface area contributed by atoms with Gasteiger partial charge in [-0.3, -0.25) is 0 Å². The monoisotopic (exact) mass is 230 g/mol. The Morgan fingerprint density at radius 2 is 2.12 bits per heavy atom. The normalized spacial score (nSPS) is 22.4. The van der Waals surface area contributed by atoms with Crippen LogP contribution in [0.25, 0.3) is 5.57 Å². The van der Waals surface area contributed by atoms with Gasteiger partial charge in [0.25, 0.3) is 0 Å². The summed E-state index contributed by atoms with van der Waals surface area (Å²) < 4.78 is 14.1. The Morgan fingerprint density at radius 3 is 2.82 bits per heavy atom. The zero-order valence-electron chi connectivity index (χ0n) is 10.00. The molecule has 0 amide bonds. The molecule has 4 rings (SSSR count). The molecule has 1 saturated heterocycles.